The minimum absolute atomic E-state index is 0.0708. The lowest BCUT2D eigenvalue weighted by Gasteiger charge is -2.37. The van der Waals surface area contributed by atoms with Gasteiger partial charge in [0.25, 0.3) is 5.78 Å². The number of rotatable bonds is 4. The molecule has 3 atom stereocenters. The number of morpholine rings is 1. The van der Waals surface area contributed by atoms with Crippen LogP contribution in [0.25, 0.3) is 5.78 Å². The van der Waals surface area contributed by atoms with E-state index in [9.17, 15) is 9.90 Å². The number of carbonyl (C=O) groups is 1. The summed E-state index contributed by atoms with van der Waals surface area (Å²) >= 11 is 0. The lowest BCUT2D eigenvalue weighted by molar-refractivity contribution is -0.143. The summed E-state index contributed by atoms with van der Waals surface area (Å²) < 4.78 is 7.54. The number of fused-ring (bicyclic) bond motifs is 2. The molecule has 0 bridgehead atoms. The van der Waals surface area contributed by atoms with Gasteiger partial charge in [0, 0.05) is 31.0 Å². The molecular formula is C18H25N5O3. The van der Waals surface area contributed by atoms with Gasteiger partial charge in [-0.3, -0.25) is 4.79 Å². The summed E-state index contributed by atoms with van der Waals surface area (Å²) in [5, 5.41) is 13.6. The van der Waals surface area contributed by atoms with Crippen LogP contribution in [0.4, 0.5) is 0 Å². The maximum absolute atomic E-state index is 12.9. The third kappa shape index (κ3) is 2.97. The molecular weight excluding hydrogens is 334 g/mol. The van der Waals surface area contributed by atoms with Gasteiger partial charge in [0.05, 0.1) is 18.8 Å². The Morgan fingerprint density at radius 2 is 2.23 bits per heavy atom. The van der Waals surface area contributed by atoms with Gasteiger partial charge in [-0.25, -0.2) is 9.50 Å². The van der Waals surface area contributed by atoms with Crippen LogP contribution in [0.15, 0.2) is 6.33 Å². The standard InChI is InChI=1S/C18H25N5O3/c1-11-14(12(2)23-18(21-11)19-10-20-23)3-4-17(25)22-5-6-26-16-8-13(9-24)7-15(16)22/h10,13,15-16,24H,3-9H2,1-2H3/t13-,15+,16?/m1/s1. The zero-order chi connectivity index (χ0) is 18.3. The van der Waals surface area contributed by atoms with Crippen LogP contribution >= 0.6 is 0 Å². The van der Waals surface area contributed by atoms with Gasteiger partial charge in [-0.2, -0.15) is 10.1 Å². The number of aliphatic hydroxyl groups is 1. The SMILES string of the molecule is Cc1nc2ncnn2c(C)c1CCC(=O)N1CCOC2C[C@H](CO)C[C@@H]21. The summed E-state index contributed by atoms with van der Waals surface area (Å²) in [6.07, 6.45) is 4.32. The van der Waals surface area contributed by atoms with E-state index in [1.54, 1.807) is 4.52 Å². The molecule has 1 unspecified atom stereocenters. The molecule has 1 aliphatic heterocycles. The first-order valence-corrected chi connectivity index (χ1v) is 9.26. The van der Waals surface area contributed by atoms with Crippen molar-refractivity contribution in [2.24, 2.45) is 5.92 Å². The molecule has 1 N–H and O–H groups in total. The summed E-state index contributed by atoms with van der Waals surface area (Å²) in [6, 6.07) is 0.103. The molecule has 0 aromatic carbocycles. The third-order valence-corrected chi connectivity index (χ3v) is 5.79. The van der Waals surface area contributed by atoms with Crippen LogP contribution in [-0.2, 0) is 16.0 Å². The van der Waals surface area contributed by atoms with Crippen molar-refractivity contribution >= 4 is 11.7 Å². The van der Waals surface area contributed by atoms with Crippen molar-refractivity contribution in [3.8, 4) is 0 Å². The second-order valence-corrected chi connectivity index (χ2v) is 7.32. The van der Waals surface area contributed by atoms with Crippen molar-refractivity contribution in [1.29, 1.82) is 0 Å². The molecule has 2 aromatic rings. The van der Waals surface area contributed by atoms with E-state index in [1.165, 1.54) is 6.33 Å². The first-order chi connectivity index (χ1) is 12.6. The minimum atomic E-state index is 0.0708. The highest BCUT2D eigenvalue weighted by Gasteiger charge is 2.42. The first-order valence-electron chi connectivity index (χ1n) is 9.26. The Hall–Kier alpha value is -2.06. The fraction of sp³-hybridized carbons (Fsp3) is 0.667. The zero-order valence-electron chi connectivity index (χ0n) is 15.3. The van der Waals surface area contributed by atoms with Gasteiger partial charge in [0.15, 0.2) is 0 Å². The quantitative estimate of drug-likeness (QED) is 0.863. The lowest BCUT2D eigenvalue weighted by Crippen LogP contribution is -2.51. The number of carbonyl (C=O) groups excluding carboxylic acids is 1. The van der Waals surface area contributed by atoms with Crippen LogP contribution in [0, 0.1) is 19.8 Å². The zero-order valence-corrected chi connectivity index (χ0v) is 15.3. The average Bonchev–Trinajstić information content (AvgIpc) is 3.27. The predicted octanol–water partition coefficient (Wildman–Crippen LogP) is 0.672. The molecule has 8 heteroatoms. The minimum Gasteiger partial charge on any atom is -0.396 e. The highest BCUT2D eigenvalue weighted by molar-refractivity contribution is 5.77. The molecule has 2 fully saturated rings. The Bertz CT molecular complexity index is 821. The Balaban J connectivity index is 1.47. The van der Waals surface area contributed by atoms with Crippen molar-refractivity contribution in [3.05, 3.63) is 23.3 Å². The maximum atomic E-state index is 12.9. The van der Waals surface area contributed by atoms with Crippen molar-refractivity contribution in [2.45, 2.75) is 51.7 Å². The second-order valence-electron chi connectivity index (χ2n) is 7.32. The molecule has 1 amide bonds. The Morgan fingerprint density at radius 1 is 1.38 bits per heavy atom. The number of ether oxygens (including phenoxy) is 1. The van der Waals surface area contributed by atoms with Crippen LogP contribution in [0.3, 0.4) is 0 Å². The summed E-state index contributed by atoms with van der Waals surface area (Å²) in [5.74, 6) is 0.980. The molecule has 2 aliphatic rings. The summed E-state index contributed by atoms with van der Waals surface area (Å²) in [7, 11) is 0. The van der Waals surface area contributed by atoms with Crippen LogP contribution < -0.4 is 0 Å². The van der Waals surface area contributed by atoms with Gasteiger partial charge in [-0.1, -0.05) is 0 Å². The normalized spacial score (nSPS) is 25.7. The first kappa shape index (κ1) is 17.4. The smallest absolute Gasteiger partial charge is 0.252 e. The van der Waals surface area contributed by atoms with Gasteiger partial charge in [0.1, 0.15) is 6.33 Å². The Morgan fingerprint density at radius 3 is 3.04 bits per heavy atom. The van der Waals surface area contributed by atoms with Crippen molar-refractivity contribution in [1.82, 2.24) is 24.5 Å². The van der Waals surface area contributed by atoms with E-state index in [1.807, 2.05) is 18.7 Å². The molecule has 140 valence electrons. The number of hydrogen-bond acceptors (Lipinski definition) is 6. The number of aliphatic hydroxyl groups excluding tert-OH is 1. The molecule has 0 radical (unpaired) electrons. The number of aryl methyl sites for hydroxylation is 2. The molecule has 8 nitrogen and oxygen atoms in total. The fourth-order valence-corrected chi connectivity index (χ4v) is 4.40. The molecule has 4 rings (SSSR count). The highest BCUT2D eigenvalue weighted by Crippen LogP contribution is 2.34. The molecule has 1 saturated heterocycles. The van der Waals surface area contributed by atoms with Gasteiger partial charge in [-0.05, 0) is 44.6 Å². The molecule has 3 heterocycles. The average molecular weight is 359 g/mol. The van der Waals surface area contributed by atoms with Crippen LogP contribution in [0.1, 0.15) is 36.2 Å². The van der Waals surface area contributed by atoms with E-state index in [0.29, 0.717) is 31.8 Å². The van der Waals surface area contributed by atoms with Crippen molar-refractivity contribution in [2.75, 3.05) is 19.8 Å². The highest BCUT2D eigenvalue weighted by atomic mass is 16.5. The molecule has 26 heavy (non-hydrogen) atoms. The summed E-state index contributed by atoms with van der Waals surface area (Å²) in [4.78, 5) is 23.5. The van der Waals surface area contributed by atoms with E-state index in [4.69, 9.17) is 4.74 Å². The van der Waals surface area contributed by atoms with Gasteiger partial charge in [-0.15, -0.1) is 0 Å². The van der Waals surface area contributed by atoms with Gasteiger partial charge in [0.2, 0.25) is 5.91 Å². The third-order valence-electron chi connectivity index (χ3n) is 5.79. The van der Waals surface area contributed by atoms with E-state index in [0.717, 1.165) is 29.8 Å². The fourth-order valence-electron chi connectivity index (χ4n) is 4.40. The van der Waals surface area contributed by atoms with E-state index < -0.39 is 0 Å². The summed E-state index contributed by atoms with van der Waals surface area (Å²) in [5.41, 5.74) is 2.94. The maximum Gasteiger partial charge on any atom is 0.252 e. The largest absolute Gasteiger partial charge is 0.396 e. The van der Waals surface area contributed by atoms with Gasteiger partial charge >= 0.3 is 0 Å². The van der Waals surface area contributed by atoms with E-state index in [-0.39, 0.29) is 30.6 Å². The second kappa shape index (κ2) is 6.92. The van der Waals surface area contributed by atoms with Crippen LogP contribution in [-0.4, -0.2) is 67.4 Å². The number of amides is 1. The molecule has 1 saturated carbocycles. The Kier molecular flexibility index (Phi) is 4.62. The number of aromatic nitrogens is 4. The Labute approximate surface area is 152 Å². The topological polar surface area (TPSA) is 92.9 Å². The van der Waals surface area contributed by atoms with Crippen LogP contribution in [0.5, 0.6) is 0 Å². The monoisotopic (exact) mass is 359 g/mol. The lowest BCUT2D eigenvalue weighted by atomic mass is 10.0. The number of nitrogens with zero attached hydrogens (tertiary/aromatic N) is 5. The molecule has 1 aliphatic carbocycles. The van der Waals surface area contributed by atoms with Crippen molar-refractivity contribution in [3.63, 3.8) is 0 Å². The summed E-state index contributed by atoms with van der Waals surface area (Å²) in [6.45, 7) is 5.32. The van der Waals surface area contributed by atoms with Crippen molar-refractivity contribution < 1.29 is 14.6 Å². The van der Waals surface area contributed by atoms with E-state index in [2.05, 4.69) is 15.1 Å². The van der Waals surface area contributed by atoms with Gasteiger partial charge < -0.3 is 14.7 Å². The number of hydrogen-bond donors (Lipinski definition) is 1. The predicted molar refractivity (Wildman–Crippen MR) is 93.6 cm³/mol. The van der Waals surface area contributed by atoms with Crippen LogP contribution in [0.2, 0.25) is 0 Å². The molecule has 0 spiro atoms. The van der Waals surface area contributed by atoms with E-state index >= 15 is 0 Å². The molecule has 2 aromatic heterocycles.